The predicted octanol–water partition coefficient (Wildman–Crippen LogP) is 5.26. The second-order valence-corrected chi connectivity index (χ2v) is 12.6. The van der Waals surface area contributed by atoms with Gasteiger partial charge in [0, 0.05) is 24.7 Å². The zero-order chi connectivity index (χ0) is 32.8. The van der Waals surface area contributed by atoms with E-state index in [4.69, 9.17) is 9.47 Å². The molecule has 0 saturated carbocycles. The fourth-order valence-electron chi connectivity index (χ4n) is 5.67. The van der Waals surface area contributed by atoms with Crippen molar-refractivity contribution in [3.8, 4) is 0 Å². The topological polar surface area (TPSA) is 130 Å². The minimum Gasteiger partial charge on any atom is -0.445 e. The van der Waals surface area contributed by atoms with Crippen LogP contribution in [0.25, 0.3) is 0 Å². The number of carbonyl (C=O) groups excluding carboxylic acids is 3. The molecule has 3 N–H and O–H groups in total. The van der Waals surface area contributed by atoms with Crippen molar-refractivity contribution in [2.24, 2.45) is 0 Å². The molecule has 1 aromatic heterocycles. The van der Waals surface area contributed by atoms with Crippen LogP contribution in [0.2, 0.25) is 0 Å². The number of ether oxygens (including phenoxy) is 2. The number of rotatable bonds is 14. The molecule has 3 amide bonds. The first-order valence-electron chi connectivity index (χ1n) is 15.8. The summed E-state index contributed by atoms with van der Waals surface area (Å²) >= 11 is 1.42. The number of nitrogens with one attached hydrogen (secondary N) is 2. The number of carbonyl (C=O) groups is 3. The first kappa shape index (κ1) is 33.6. The van der Waals surface area contributed by atoms with E-state index < -0.39 is 24.3 Å². The molecule has 1 aliphatic rings. The Kier molecular flexibility index (Phi) is 12.3. The van der Waals surface area contributed by atoms with Gasteiger partial charge in [0.2, 0.25) is 5.91 Å². The molecular weight excluding hydrogens is 616 g/mol. The highest BCUT2D eigenvalue weighted by atomic mass is 32.1. The normalized spacial score (nSPS) is 17.0. The molecule has 11 heteroatoms. The van der Waals surface area contributed by atoms with Gasteiger partial charge in [-0.2, -0.15) is 0 Å². The average molecular weight is 657 g/mol. The van der Waals surface area contributed by atoms with Crippen molar-refractivity contribution in [1.82, 2.24) is 20.5 Å². The summed E-state index contributed by atoms with van der Waals surface area (Å²) in [5.74, 6) is -0.351. The van der Waals surface area contributed by atoms with Crippen LogP contribution in [0, 0.1) is 0 Å². The van der Waals surface area contributed by atoms with Crippen LogP contribution in [0.3, 0.4) is 0 Å². The number of hydrogen-bond donors (Lipinski definition) is 3. The zero-order valence-electron chi connectivity index (χ0n) is 26.1. The lowest BCUT2D eigenvalue weighted by Crippen LogP contribution is -2.49. The number of alkyl carbamates (subject to hydrolysis) is 1. The fraction of sp³-hybridized carbons (Fsp3) is 0.333. The van der Waals surface area contributed by atoms with Gasteiger partial charge in [0.15, 0.2) is 0 Å². The molecular formula is C36H40N4O6S. The van der Waals surface area contributed by atoms with Crippen LogP contribution < -0.4 is 10.6 Å². The van der Waals surface area contributed by atoms with Crippen molar-refractivity contribution in [2.45, 2.75) is 69.5 Å². The number of aliphatic hydroxyl groups is 1. The molecule has 0 aliphatic carbocycles. The van der Waals surface area contributed by atoms with Crippen LogP contribution in [0.5, 0.6) is 0 Å². The Labute approximate surface area is 278 Å². The van der Waals surface area contributed by atoms with Gasteiger partial charge in [-0.25, -0.2) is 9.59 Å². The first-order chi connectivity index (χ1) is 22.9. The number of β-amino-alcohol motifs (C(OH)–C–C–N with tert-alkyl or cyclic N) is 1. The summed E-state index contributed by atoms with van der Waals surface area (Å²) in [4.78, 5) is 45.7. The van der Waals surface area contributed by atoms with Gasteiger partial charge in [0.1, 0.15) is 19.3 Å². The quantitative estimate of drug-likeness (QED) is 0.169. The van der Waals surface area contributed by atoms with E-state index in [-0.39, 0.29) is 44.2 Å². The standard InChI is InChI=1S/C36H40N4O6S/c41-31-20-33(40(22-31)36(44)46-23-28-14-8-3-9-15-28)34(42)38-29(18-26-10-4-1-5-11-26)16-17-30(19-27-12-6-2-7-13-27)39-35(43)45-24-32-21-37-25-47-32/h1-15,21,25,29-31,33,41H,16-20,22-24H2,(H,38,42)(H,39,43)/t29-,30-,31-,33+/m1/s1. The third-order valence-corrected chi connectivity index (χ3v) is 8.79. The second-order valence-electron chi connectivity index (χ2n) is 11.6. The summed E-state index contributed by atoms with van der Waals surface area (Å²) in [6.45, 7) is 0.222. The SMILES string of the molecule is O=C(N[C@H](CC[C@H](Cc1ccccc1)NC(=O)[C@@H]1C[C@@H](O)CN1C(=O)OCc1ccccc1)Cc1ccccc1)OCc1cncs1. The van der Waals surface area contributed by atoms with E-state index in [0.29, 0.717) is 25.7 Å². The van der Waals surface area contributed by atoms with Gasteiger partial charge < -0.3 is 25.2 Å². The van der Waals surface area contributed by atoms with Gasteiger partial charge in [-0.1, -0.05) is 91.0 Å². The largest absolute Gasteiger partial charge is 0.445 e. The molecule has 1 saturated heterocycles. The van der Waals surface area contributed by atoms with Crippen molar-refractivity contribution in [1.29, 1.82) is 0 Å². The van der Waals surface area contributed by atoms with Gasteiger partial charge >= 0.3 is 12.2 Å². The number of thiazole rings is 1. The first-order valence-corrected chi connectivity index (χ1v) is 16.6. The number of likely N-dealkylation sites (tertiary alicyclic amines) is 1. The van der Waals surface area contributed by atoms with E-state index in [2.05, 4.69) is 15.6 Å². The molecule has 0 bridgehead atoms. The number of amides is 3. The number of hydrogen-bond acceptors (Lipinski definition) is 8. The molecule has 10 nitrogen and oxygen atoms in total. The van der Waals surface area contributed by atoms with Crippen LogP contribution >= 0.6 is 11.3 Å². The van der Waals surface area contributed by atoms with E-state index in [1.807, 2.05) is 91.0 Å². The highest BCUT2D eigenvalue weighted by Gasteiger charge is 2.40. The smallest absolute Gasteiger partial charge is 0.410 e. The van der Waals surface area contributed by atoms with E-state index in [1.165, 1.54) is 16.2 Å². The molecule has 1 fully saturated rings. The van der Waals surface area contributed by atoms with Crippen LogP contribution in [-0.2, 0) is 40.3 Å². The predicted molar refractivity (Wildman–Crippen MR) is 178 cm³/mol. The highest BCUT2D eigenvalue weighted by Crippen LogP contribution is 2.21. The third kappa shape index (κ3) is 10.7. The Bertz CT molecular complexity index is 1540. The summed E-state index contributed by atoms with van der Waals surface area (Å²) < 4.78 is 11.0. The highest BCUT2D eigenvalue weighted by molar-refractivity contribution is 7.09. The maximum absolute atomic E-state index is 13.7. The molecule has 1 aliphatic heterocycles. The Morgan fingerprint density at radius 3 is 1.96 bits per heavy atom. The number of nitrogens with zero attached hydrogens (tertiary/aromatic N) is 2. The Morgan fingerprint density at radius 1 is 0.809 bits per heavy atom. The van der Waals surface area contributed by atoms with Crippen LogP contribution in [0.4, 0.5) is 9.59 Å². The fourth-order valence-corrected chi connectivity index (χ4v) is 6.18. The summed E-state index contributed by atoms with van der Waals surface area (Å²) in [7, 11) is 0. The number of benzene rings is 3. The number of aliphatic hydroxyl groups excluding tert-OH is 1. The molecule has 4 aromatic rings. The van der Waals surface area contributed by atoms with Gasteiger partial charge in [0.25, 0.3) is 0 Å². The molecule has 0 radical (unpaired) electrons. The molecule has 5 rings (SSSR count). The van der Waals surface area contributed by atoms with E-state index >= 15 is 0 Å². The monoisotopic (exact) mass is 656 g/mol. The summed E-state index contributed by atoms with van der Waals surface area (Å²) in [6.07, 6.45) is 2.02. The third-order valence-electron chi connectivity index (χ3n) is 8.03. The maximum atomic E-state index is 13.7. The second kappa shape index (κ2) is 17.3. The van der Waals surface area contributed by atoms with Crippen LogP contribution in [-0.4, -0.2) is 63.9 Å². The van der Waals surface area contributed by atoms with Gasteiger partial charge in [-0.3, -0.25) is 14.7 Å². The number of aromatic nitrogens is 1. The van der Waals surface area contributed by atoms with Crippen LogP contribution in [0.15, 0.2) is 103 Å². The summed E-state index contributed by atoms with van der Waals surface area (Å²) in [6, 6.07) is 27.6. The average Bonchev–Trinajstić information content (AvgIpc) is 3.76. The van der Waals surface area contributed by atoms with Crippen molar-refractivity contribution in [3.63, 3.8) is 0 Å². The minimum absolute atomic E-state index is 0.0157. The van der Waals surface area contributed by atoms with Gasteiger partial charge in [-0.05, 0) is 42.4 Å². The Balaban J connectivity index is 1.25. The molecule has 2 heterocycles. The zero-order valence-corrected chi connectivity index (χ0v) is 26.9. The molecule has 47 heavy (non-hydrogen) atoms. The summed E-state index contributed by atoms with van der Waals surface area (Å²) in [5, 5.41) is 16.6. The van der Waals surface area contributed by atoms with E-state index in [1.54, 1.807) is 11.7 Å². The molecule has 3 aromatic carbocycles. The summed E-state index contributed by atoms with van der Waals surface area (Å²) in [5.41, 5.74) is 4.62. The molecule has 0 spiro atoms. The van der Waals surface area contributed by atoms with Crippen molar-refractivity contribution in [3.05, 3.63) is 124 Å². The van der Waals surface area contributed by atoms with Crippen LogP contribution in [0.1, 0.15) is 40.8 Å². The Hall–Kier alpha value is -4.74. The molecule has 246 valence electrons. The minimum atomic E-state index is -0.869. The van der Waals surface area contributed by atoms with Crippen molar-refractivity contribution >= 4 is 29.4 Å². The van der Waals surface area contributed by atoms with Gasteiger partial charge in [0.05, 0.1) is 23.0 Å². The van der Waals surface area contributed by atoms with E-state index in [0.717, 1.165) is 21.6 Å². The molecule has 0 unspecified atom stereocenters. The lowest BCUT2D eigenvalue weighted by molar-refractivity contribution is -0.126. The maximum Gasteiger partial charge on any atom is 0.410 e. The van der Waals surface area contributed by atoms with Gasteiger partial charge in [-0.15, -0.1) is 11.3 Å². The van der Waals surface area contributed by atoms with Crippen molar-refractivity contribution in [2.75, 3.05) is 6.54 Å². The van der Waals surface area contributed by atoms with Crippen molar-refractivity contribution < 1.29 is 29.0 Å². The molecule has 4 atom stereocenters. The lowest BCUT2D eigenvalue weighted by atomic mass is 9.95. The van der Waals surface area contributed by atoms with E-state index in [9.17, 15) is 19.5 Å². The lowest BCUT2D eigenvalue weighted by Gasteiger charge is -2.27. The Morgan fingerprint density at radius 2 is 1.38 bits per heavy atom.